The SMILES string of the molecule is CC1(C)OCC(CNC(=O)C(C)(C)CN)O1. The van der Waals surface area contributed by atoms with Crippen LogP contribution in [0.25, 0.3) is 0 Å². The first-order valence-electron chi connectivity index (χ1n) is 5.57. The molecule has 0 radical (unpaired) electrons. The molecule has 5 heteroatoms. The summed E-state index contributed by atoms with van der Waals surface area (Å²) in [6, 6.07) is 0. The molecule has 0 aromatic rings. The van der Waals surface area contributed by atoms with E-state index >= 15 is 0 Å². The first-order valence-corrected chi connectivity index (χ1v) is 5.57. The van der Waals surface area contributed by atoms with Crippen LogP contribution in [0.4, 0.5) is 0 Å². The zero-order chi connectivity index (χ0) is 12.4. The molecule has 1 rings (SSSR count). The number of carbonyl (C=O) groups excluding carboxylic acids is 1. The molecule has 0 spiro atoms. The molecule has 0 aliphatic carbocycles. The number of hydrogen-bond acceptors (Lipinski definition) is 4. The van der Waals surface area contributed by atoms with E-state index in [1.807, 2.05) is 27.7 Å². The lowest BCUT2D eigenvalue weighted by atomic mass is 9.93. The van der Waals surface area contributed by atoms with E-state index in [-0.39, 0.29) is 12.0 Å². The van der Waals surface area contributed by atoms with Crippen LogP contribution < -0.4 is 11.1 Å². The summed E-state index contributed by atoms with van der Waals surface area (Å²) in [6.45, 7) is 8.65. The van der Waals surface area contributed by atoms with Crippen LogP contribution in [0.1, 0.15) is 27.7 Å². The highest BCUT2D eigenvalue weighted by atomic mass is 16.7. The third kappa shape index (κ3) is 3.43. The number of rotatable bonds is 4. The van der Waals surface area contributed by atoms with Gasteiger partial charge in [0.2, 0.25) is 5.91 Å². The van der Waals surface area contributed by atoms with E-state index in [4.69, 9.17) is 15.2 Å². The Morgan fingerprint density at radius 1 is 1.56 bits per heavy atom. The molecular formula is C11H22N2O3. The highest BCUT2D eigenvalue weighted by Gasteiger charge is 2.33. The zero-order valence-electron chi connectivity index (χ0n) is 10.5. The van der Waals surface area contributed by atoms with Crippen LogP contribution in [0.15, 0.2) is 0 Å². The fourth-order valence-corrected chi connectivity index (χ4v) is 1.40. The molecule has 1 atom stereocenters. The summed E-state index contributed by atoms with van der Waals surface area (Å²) in [6.07, 6.45) is -0.0764. The van der Waals surface area contributed by atoms with Gasteiger partial charge in [0.25, 0.3) is 0 Å². The maximum Gasteiger partial charge on any atom is 0.227 e. The van der Waals surface area contributed by atoms with Crippen molar-refractivity contribution >= 4 is 5.91 Å². The zero-order valence-corrected chi connectivity index (χ0v) is 10.5. The lowest BCUT2D eigenvalue weighted by Gasteiger charge is -2.22. The van der Waals surface area contributed by atoms with Crippen LogP contribution in [0, 0.1) is 5.41 Å². The molecule has 0 aromatic heterocycles. The van der Waals surface area contributed by atoms with Gasteiger partial charge in [-0.05, 0) is 27.7 Å². The van der Waals surface area contributed by atoms with Gasteiger partial charge in [-0.3, -0.25) is 4.79 Å². The average molecular weight is 230 g/mol. The lowest BCUT2D eigenvalue weighted by Crippen LogP contribution is -2.44. The van der Waals surface area contributed by atoms with Crippen molar-refractivity contribution < 1.29 is 14.3 Å². The first kappa shape index (κ1) is 13.4. The molecule has 0 aromatic carbocycles. The highest BCUT2D eigenvalue weighted by Crippen LogP contribution is 2.22. The van der Waals surface area contributed by atoms with E-state index in [1.54, 1.807) is 0 Å². The monoisotopic (exact) mass is 230 g/mol. The highest BCUT2D eigenvalue weighted by molar-refractivity contribution is 5.82. The molecule has 1 amide bonds. The fourth-order valence-electron chi connectivity index (χ4n) is 1.40. The van der Waals surface area contributed by atoms with Crippen LogP contribution >= 0.6 is 0 Å². The molecular weight excluding hydrogens is 208 g/mol. The Hall–Kier alpha value is -0.650. The predicted molar refractivity (Wildman–Crippen MR) is 60.7 cm³/mol. The summed E-state index contributed by atoms with van der Waals surface area (Å²) in [4.78, 5) is 11.7. The van der Waals surface area contributed by atoms with Crippen LogP contribution in [0.3, 0.4) is 0 Å². The van der Waals surface area contributed by atoms with E-state index in [9.17, 15) is 4.79 Å². The Kier molecular flexibility index (Phi) is 3.93. The van der Waals surface area contributed by atoms with E-state index in [2.05, 4.69) is 5.32 Å². The number of nitrogens with two attached hydrogens (primary N) is 1. The topological polar surface area (TPSA) is 73.6 Å². The van der Waals surface area contributed by atoms with Crippen LogP contribution in [0.2, 0.25) is 0 Å². The average Bonchev–Trinajstić information content (AvgIpc) is 2.54. The smallest absolute Gasteiger partial charge is 0.227 e. The van der Waals surface area contributed by atoms with Crippen LogP contribution in [0.5, 0.6) is 0 Å². The maximum atomic E-state index is 11.7. The van der Waals surface area contributed by atoms with Gasteiger partial charge in [0.05, 0.1) is 12.0 Å². The van der Waals surface area contributed by atoms with Gasteiger partial charge in [-0.2, -0.15) is 0 Å². The lowest BCUT2D eigenvalue weighted by molar-refractivity contribution is -0.140. The van der Waals surface area contributed by atoms with Gasteiger partial charge in [-0.25, -0.2) is 0 Å². The van der Waals surface area contributed by atoms with E-state index in [1.165, 1.54) is 0 Å². The third-order valence-electron chi connectivity index (χ3n) is 2.68. The normalized spacial score (nSPS) is 24.4. The van der Waals surface area contributed by atoms with Gasteiger partial charge < -0.3 is 20.5 Å². The number of nitrogens with one attached hydrogen (secondary N) is 1. The second-order valence-electron chi connectivity index (χ2n) is 5.25. The molecule has 0 bridgehead atoms. The Morgan fingerprint density at radius 2 is 2.19 bits per heavy atom. The summed E-state index contributed by atoms with van der Waals surface area (Å²) >= 11 is 0. The largest absolute Gasteiger partial charge is 0.353 e. The maximum absolute atomic E-state index is 11.7. The van der Waals surface area contributed by atoms with Crippen molar-refractivity contribution in [3.63, 3.8) is 0 Å². The summed E-state index contributed by atoms with van der Waals surface area (Å²) in [7, 11) is 0. The number of ether oxygens (including phenoxy) is 2. The molecule has 1 fully saturated rings. The molecule has 94 valence electrons. The van der Waals surface area contributed by atoms with E-state index in [0.717, 1.165) is 0 Å². The Bertz CT molecular complexity index is 264. The fraction of sp³-hybridized carbons (Fsp3) is 0.909. The minimum absolute atomic E-state index is 0.0525. The predicted octanol–water partition coefficient (Wildman–Crippen LogP) is 0.239. The van der Waals surface area contributed by atoms with Gasteiger partial charge in [0.1, 0.15) is 6.10 Å². The molecule has 16 heavy (non-hydrogen) atoms. The number of carbonyl (C=O) groups is 1. The van der Waals surface area contributed by atoms with Crippen molar-refractivity contribution in [1.82, 2.24) is 5.32 Å². The molecule has 1 aliphatic heterocycles. The molecule has 1 heterocycles. The second kappa shape index (κ2) is 4.69. The minimum atomic E-state index is -0.543. The van der Waals surface area contributed by atoms with Crippen molar-refractivity contribution in [2.24, 2.45) is 11.1 Å². The van der Waals surface area contributed by atoms with Gasteiger partial charge in [0, 0.05) is 13.1 Å². The van der Waals surface area contributed by atoms with Crippen molar-refractivity contribution in [2.75, 3.05) is 19.7 Å². The van der Waals surface area contributed by atoms with E-state index in [0.29, 0.717) is 19.7 Å². The first-order chi connectivity index (χ1) is 7.27. The third-order valence-corrected chi connectivity index (χ3v) is 2.68. The van der Waals surface area contributed by atoms with Gasteiger partial charge in [-0.1, -0.05) is 0 Å². The van der Waals surface area contributed by atoms with Gasteiger partial charge in [0.15, 0.2) is 5.79 Å². The van der Waals surface area contributed by atoms with Gasteiger partial charge in [-0.15, -0.1) is 0 Å². The number of hydrogen-bond donors (Lipinski definition) is 2. The Morgan fingerprint density at radius 3 is 2.62 bits per heavy atom. The van der Waals surface area contributed by atoms with Crippen molar-refractivity contribution in [3.8, 4) is 0 Å². The Balaban J connectivity index is 2.34. The molecule has 0 saturated carbocycles. The van der Waals surface area contributed by atoms with Crippen LogP contribution in [-0.4, -0.2) is 37.5 Å². The molecule has 5 nitrogen and oxygen atoms in total. The molecule has 3 N–H and O–H groups in total. The van der Waals surface area contributed by atoms with Crippen LogP contribution in [-0.2, 0) is 14.3 Å². The molecule has 1 saturated heterocycles. The molecule has 1 aliphatic rings. The van der Waals surface area contributed by atoms with E-state index < -0.39 is 11.2 Å². The van der Waals surface area contributed by atoms with Crippen molar-refractivity contribution in [1.29, 1.82) is 0 Å². The summed E-state index contributed by atoms with van der Waals surface area (Å²) in [5, 5.41) is 2.83. The van der Waals surface area contributed by atoms with Crippen molar-refractivity contribution in [2.45, 2.75) is 39.6 Å². The minimum Gasteiger partial charge on any atom is -0.353 e. The summed E-state index contributed by atoms with van der Waals surface area (Å²) in [5.41, 5.74) is 4.98. The standard InChI is InChI=1S/C11H22N2O3/c1-10(2,7-12)9(14)13-5-8-6-15-11(3,4)16-8/h8H,5-7,12H2,1-4H3,(H,13,14). The summed E-state index contributed by atoms with van der Waals surface area (Å²) < 4.78 is 11.0. The Labute approximate surface area is 96.7 Å². The second-order valence-corrected chi connectivity index (χ2v) is 5.25. The quantitative estimate of drug-likeness (QED) is 0.725. The van der Waals surface area contributed by atoms with Gasteiger partial charge >= 0.3 is 0 Å². The number of amides is 1. The molecule has 1 unspecified atom stereocenters. The van der Waals surface area contributed by atoms with Crippen molar-refractivity contribution in [3.05, 3.63) is 0 Å². The summed E-state index contributed by atoms with van der Waals surface area (Å²) in [5.74, 6) is -0.595.